The average Bonchev–Trinajstić information content (AvgIpc) is 2.46. The molecule has 2 aromatic carbocycles. The lowest BCUT2D eigenvalue weighted by Gasteiger charge is -2.10. The number of benzene rings is 2. The molecule has 1 heterocycles. The molecule has 0 amide bonds. The first kappa shape index (κ1) is 13.6. The Labute approximate surface area is 123 Å². The third-order valence-electron chi connectivity index (χ3n) is 3.38. The maximum atomic E-state index is 12.9. The van der Waals surface area contributed by atoms with Gasteiger partial charge in [0.1, 0.15) is 5.82 Å². The number of nitrogens with two attached hydrogens (primary N) is 1. The van der Waals surface area contributed by atoms with E-state index in [1.807, 2.05) is 12.1 Å². The van der Waals surface area contributed by atoms with E-state index >= 15 is 0 Å². The predicted molar refractivity (Wildman–Crippen MR) is 82.8 cm³/mol. The van der Waals surface area contributed by atoms with Gasteiger partial charge < -0.3 is 5.73 Å². The summed E-state index contributed by atoms with van der Waals surface area (Å²) in [6.07, 6.45) is 0. The summed E-state index contributed by atoms with van der Waals surface area (Å²) in [5.74, 6) is 0.301. The van der Waals surface area contributed by atoms with Gasteiger partial charge >= 0.3 is 0 Å². The Morgan fingerprint density at radius 1 is 0.905 bits per heavy atom. The molecule has 0 aliphatic heterocycles. The van der Waals surface area contributed by atoms with E-state index in [0.717, 1.165) is 5.39 Å². The van der Waals surface area contributed by atoms with E-state index in [0.29, 0.717) is 21.8 Å². The number of para-hydroxylation sites is 1. The lowest BCUT2D eigenvalue weighted by Crippen LogP contribution is -2.06. The molecular weight excluding hydrogens is 284 g/mol. The zero-order valence-electron chi connectivity index (χ0n) is 11.4. The monoisotopic (exact) mass is 298 g/mol. The van der Waals surface area contributed by atoms with Crippen molar-refractivity contribution in [2.45, 2.75) is 16.7 Å². The number of aryl methyl sites for hydroxylation is 1. The van der Waals surface area contributed by atoms with Crippen LogP contribution in [0.15, 0.2) is 64.4 Å². The van der Waals surface area contributed by atoms with Crippen molar-refractivity contribution < 1.29 is 8.42 Å². The van der Waals surface area contributed by atoms with Gasteiger partial charge in [0.05, 0.1) is 15.3 Å². The van der Waals surface area contributed by atoms with Gasteiger partial charge in [0.15, 0.2) is 0 Å². The summed E-state index contributed by atoms with van der Waals surface area (Å²) in [6, 6.07) is 15.4. The fraction of sp³-hybridized carbons (Fsp3) is 0.0625. The average molecular weight is 298 g/mol. The van der Waals surface area contributed by atoms with Gasteiger partial charge in [-0.25, -0.2) is 13.4 Å². The van der Waals surface area contributed by atoms with Crippen molar-refractivity contribution in [3.8, 4) is 0 Å². The van der Waals surface area contributed by atoms with Crippen molar-refractivity contribution in [2.24, 2.45) is 0 Å². The molecule has 21 heavy (non-hydrogen) atoms. The summed E-state index contributed by atoms with van der Waals surface area (Å²) in [6.45, 7) is 1.78. The van der Waals surface area contributed by atoms with E-state index in [-0.39, 0.29) is 4.90 Å². The van der Waals surface area contributed by atoms with Crippen LogP contribution in [0.25, 0.3) is 10.9 Å². The Bertz CT molecular complexity index is 934. The summed E-state index contributed by atoms with van der Waals surface area (Å²) in [4.78, 5) is 4.67. The molecule has 0 atom stereocenters. The summed E-state index contributed by atoms with van der Waals surface area (Å²) in [5.41, 5.74) is 6.81. The number of rotatable bonds is 2. The van der Waals surface area contributed by atoms with Crippen LogP contribution >= 0.6 is 0 Å². The first-order valence-electron chi connectivity index (χ1n) is 6.46. The molecule has 3 rings (SSSR count). The number of sulfone groups is 1. The number of aromatic nitrogens is 1. The van der Waals surface area contributed by atoms with Crippen molar-refractivity contribution in [1.29, 1.82) is 0 Å². The highest BCUT2D eigenvalue weighted by molar-refractivity contribution is 7.91. The van der Waals surface area contributed by atoms with Crippen molar-refractivity contribution in [1.82, 2.24) is 4.98 Å². The molecule has 3 aromatic rings. The van der Waals surface area contributed by atoms with E-state index in [2.05, 4.69) is 4.98 Å². The van der Waals surface area contributed by atoms with Crippen LogP contribution in [0.4, 0.5) is 5.82 Å². The summed E-state index contributed by atoms with van der Waals surface area (Å²) >= 11 is 0. The Morgan fingerprint density at radius 2 is 1.62 bits per heavy atom. The Morgan fingerprint density at radius 3 is 2.38 bits per heavy atom. The van der Waals surface area contributed by atoms with Crippen LogP contribution in [0.2, 0.25) is 0 Å². The maximum Gasteiger partial charge on any atom is 0.209 e. The SMILES string of the molecule is Cc1ccccc1S(=O)(=O)c1cccc2ccc(N)nc12. The second kappa shape index (κ2) is 4.86. The van der Waals surface area contributed by atoms with Crippen molar-refractivity contribution in [3.05, 3.63) is 60.2 Å². The van der Waals surface area contributed by atoms with Crippen LogP contribution < -0.4 is 5.73 Å². The van der Waals surface area contributed by atoms with Crippen LogP contribution in [0, 0.1) is 6.92 Å². The Hall–Kier alpha value is -2.40. The molecule has 0 aliphatic rings. The molecule has 0 bridgehead atoms. The third kappa shape index (κ3) is 2.25. The summed E-state index contributed by atoms with van der Waals surface area (Å²) in [7, 11) is -3.63. The predicted octanol–water partition coefficient (Wildman–Crippen LogP) is 2.96. The van der Waals surface area contributed by atoms with Gasteiger partial charge in [0, 0.05) is 5.39 Å². The van der Waals surface area contributed by atoms with Crippen molar-refractivity contribution >= 4 is 26.6 Å². The fourth-order valence-corrected chi connectivity index (χ4v) is 3.99. The highest BCUT2D eigenvalue weighted by Crippen LogP contribution is 2.29. The Kier molecular flexibility index (Phi) is 3.14. The molecule has 0 unspecified atom stereocenters. The zero-order valence-corrected chi connectivity index (χ0v) is 12.3. The van der Waals surface area contributed by atoms with Gasteiger partial charge in [-0.3, -0.25) is 0 Å². The minimum absolute atomic E-state index is 0.182. The molecule has 4 nitrogen and oxygen atoms in total. The normalized spacial score (nSPS) is 11.7. The number of nitrogens with zero attached hydrogens (tertiary/aromatic N) is 1. The smallest absolute Gasteiger partial charge is 0.209 e. The van der Waals surface area contributed by atoms with Crippen LogP contribution in [-0.2, 0) is 9.84 Å². The van der Waals surface area contributed by atoms with Crippen LogP contribution in [0.1, 0.15) is 5.56 Å². The molecule has 2 N–H and O–H groups in total. The van der Waals surface area contributed by atoms with Gasteiger partial charge in [0.25, 0.3) is 0 Å². The zero-order chi connectivity index (χ0) is 15.0. The number of anilines is 1. The summed E-state index contributed by atoms with van der Waals surface area (Å²) < 4.78 is 25.8. The first-order valence-corrected chi connectivity index (χ1v) is 7.94. The first-order chi connectivity index (χ1) is 10.00. The van der Waals surface area contributed by atoms with Gasteiger partial charge in [-0.1, -0.05) is 30.3 Å². The molecular formula is C16H14N2O2S. The van der Waals surface area contributed by atoms with Crippen molar-refractivity contribution in [3.63, 3.8) is 0 Å². The molecule has 0 spiro atoms. The lowest BCUT2D eigenvalue weighted by atomic mass is 10.2. The molecule has 5 heteroatoms. The highest BCUT2D eigenvalue weighted by atomic mass is 32.2. The largest absolute Gasteiger partial charge is 0.384 e. The fourth-order valence-electron chi connectivity index (χ4n) is 2.33. The minimum Gasteiger partial charge on any atom is -0.384 e. The number of nitrogen functional groups attached to an aromatic ring is 1. The summed E-state index contributed by atoms with van der Waals surface area (Å²) in [5, 5.41) is 0.749. The molecule has 106 valence electrons. The molecule has 0 saturated heterocycles. The molecule has 0 saturated carbocycles. The van der Waals surface area contributed by atoms with E-state index in [1.165, 1.54) is 0 Å². The van der Waals surface area contributed by atoms with Crippen molar-refractivity contribution in [2.75, 3.05) is 5.73 Å². The number of hydrogen-bond donors (Lipinski definition) is 1. The van der Waals surface area contributed by atoms with E-state index in [4.69, 9.17) is 5.73 Å². The lowest BCUT2D eigenvalue weighted by molar-refractivity contribution is 0.596. The van der Waals surface area contributed by atoms with Gasteiger partial charge in [0.2, 0.25) is 9.84 Å². The molecule has 0 radical (unpaired) electrons. The number of pyridine rings is 1. The second-order valence-electron chi connectivity index (χ2n) is 4.83. The van der Waals surface area contributed by atoms with Crippen LogP contribution in [0.3, 0.4) is 0 Å². The van der Waals surface area contributed by atoms with Gasteiger partial charge in [-0.15, -0.1) is 0 Å². The van der Waals surface area contributed by atoms with E-state index in [1.54, 1.807) is 49.4 Å². The quantitative estimate of drug-likeness (QED) is 0.789. The number of hydrogen-bond acceptors (Lipinski definition) is 4. The van der Waals surface area contributed by atoms with E-state index in [9.17, 15) is 8.42 Å². The Balaban J connectivity index is 2.35. The van der Waals surface area contributed by atoms with Crippen LogP contribution in [-0.4, -0.2) is 13.4 Å². The second-order valence-corrected chi connectivity index (χ2v) is 6.72. The molecule has 0 fully saturated rings. The number of fused-ring (bicyclic) bond motifs is 1. The van der Waals surface area contributed by atoms with Crippen LogP contribution in [0.5, 0.6) is 0 Å². The third-order valence-corrected chi connectivity index (χ3v) is 5.32. The van der Waals surface area contributed by atoms with Gasteiger partial charge in [-0.2, -0.15) is 0 Å². The molecule has 1 aromatic heterocycles. The topological polar surface area (TPSA) is 73.0 Å². The molecule has 0 aliphatic carbocycles. The van der Waals surface area contributed by atoms with E-state index < -0.39 is 9.84 Å². The minimum atomic E-state index is -3.63. The van der Waals surface area contributed by atoms with Gasteiger partial charge in [-0.05, 0) is 36.8 Å². The maximum absolute atomic E-state index is 12.9. The highest BCUT2D eigenvalue weighted by Gasteiger charge is 2.22. The standard InChI is InChI=1S/C16H14N2O2S/c1-11-5-2-3-7-13(11)21(19,20)14-8-4-6-12-9-10-15(17)18-16(12)14/h2-10H,1H3,(H2,17,18).